The molecule has 54 heavy (non-hydrogen) atoms. The van der Waals surface area contributed by atoms with Crippen molar-refractivity contribution in [1.82, 2.24) is 4.98 Å². The maximum atomic E-state index is 6.34. The fourth-order valence-corrected chi connectivity index (χ4v) is 7.54. The van der Waals surface area contributed by atoms with Crippen molar-refractivity contribution in [3.05, 3.63) is 206 Å². The largest absolute Gasteiger partial charge is 0.435 e. The van der Waals surface area contributed by atoms with Crippen LogP contribution in [0.1, 0.15) is 0 Å². The molecular weight excluding hydrogens is 657 g/mol. The Balaban J connectivity index is 0.954. The second kappa shape index (κ2) is 13.4. The summed E-state index contributed by atoms with van der Waals surface area (Å²) in [6, 6.07) is 73.0. The van der Waals surface area contributed by atoms with Crippen LogP contribution in [-0.4, -0.2) is 4.98 Å². The molecule has 3 heteroatoms. The Morgan fingerprint density at radius 3 is 1.54 bits per heavy atom. The van der Waals surface area contributed by atoms with Crippen molar-refractivity contribution in [2.45, 2.75) is 0 Å². The highest BCUT2D eigenvalue weighted by molar-refractivity contribution is 6.11. The van der Waals surface area contributed by atoms with Crippen LogP contribution in [0.3, 0.4) is 0 Å². The van der Waals surface area contributed by atoms with E-state index in [2.05, 4.69) is 181 Å². The van der Waals surface area contributed by atoms with E-state index in [1.165, 1.54) is 21.9 Å². The molecule has 0 unspecified atom stereocenters. The topological polar surface area (TPSA) is 29.3 Å². The van der Waals surface area contributed by atoms with Gasteiger partial charge in [0.25, 0.3) is 0 Å². The van der Waals surface area contributed by atoms with E-state index in [-0.39, 0.29) is 0 Å². The van der Waals surface area contributed by atoms with Crippen LogP contribution in [0, 0.1) is 0 Å². The van der Waals surface area contributed by atoms with E-state index in [9.17, 15) is 0 Å². The van der Waals surface area contributed by atoms with Crippen molar-refractivity contribution in [3.63, 3.8) is 0 Å². The number of para-hydroxylation sites is 1. The number of benzene rings is 9. The molecule has 0 spiro atoms. The molecular formula is C51H34N2O. The van der Waals surface area contributed by atoms with Crippen molar-refractivity contribution in [3.8, 4) is 44.8 Å². The third kappa shape index (κ3) is 5.78. The summed E-state index contributed by atoms with van der Waals surface area (Å²) >= 11 is 0. The van der Waals surface area contributed by atoms with Gasteiger partial charge in [-0.3, -0.25) is 0 Å². The summed E-state index contributed by atoms with van der Waals surface area (Å²) in [5.41, 5.74) is 13.0. The number of nitrogens with zero attached hydrogens (tertiary/aromatic N) is 2. The number of hydrogen-bond acceptors (Lipinski definition) is 3. The molecule has 0 aliphatic carbocycles. The Kier molecular flexibility index (Phi) is 7.81. The van der Waals surface area contributed by atoms with Gasteiger partial charge in [-0.15, -0.1) is 0 Å². The van der Waals surface area contributed by atoms with Gasteiger partial charge < -0.3 is 9.32 Å². The first-order valence-corrected chi connectivity index (χ1v) is 18.3. The average molecular weight is 691 g/mol. The monoisotopic (exact) mass is 690 g/mol. The third-order valence-corrected chi connectivity index (χ3v) is 10.3. The van der Waals surface area contributed by atoms with Crippen molar-refractivity contribution < 1.29 is 4.42 Å². The van der Waals surface area contributed by atoms with Gasteiger partial charge in [-0.2, -0.15) is 0 Å². The third-order valence-electron chi connectivity index (χ3n) is 10.3. The lowest BCUT2D eigenvalue weighted by molar-refractivity contribution is 0.623. The summed E-state index contributed by atoms with van der Waals surface area (Å²) in [5.74, 6) is 0.635. The molecule has 1 heterocycles. The summed E-state index contributed by atoms with van der Waals surface area (Å²) in [6.07, 6.45) is 0. The van der Waals surface area contributed by atoms with E-state index in [0.717, 1.165) is 66.8 Å². The van der Waals surface area contributed by atoms with E-state index in [1.807, 2.05) is 30.3 Å². The second-order valence-electron chi connectivity index (χ2n) is 13.6. The van der Waals surface area contributed by atoms with E-state index < -0.39 is 0 Å². The summed E-state index contributed by atoms with van der Waals surface area (Å²) < 4.78 is 6.34. The lowest BCUT2D eigenvalue weighted by Gasteiger charge is -2.26. The second-order valence-corrected chi connectivity index (χ2v) is 13.6. The first-order valence-electron chi connectivity index (χ1n) is 18.3. The molecule has 1 aromatic heterocycles. The van der Waals surface area contributed by atoms with Crippen molar-refractivity contribution in [2.24, 2.45) is 0 Å². The number of rotatable bonds is 7. The number of oxazole rings is 1. The predicted molar refractivity (Wildman–Crippen MR) is 225 cm³/mol. The molecule has 3 nitrogen and oxygen atoms in total. The number of aromatic nitrogens is 1. The molecule has 254 valence electrons. The standard InChI is InChI=1S/C51H34N2O/c1-3-12-40(13-4-1)51-52-49-34-48(46-17-9-10-18-47(46)50(49)54-51)39-22-19-36(20-23-39)37-25-29-44(30-26-37)53(43-15-5-2-6-16-43)45-31-27-38(28-32-45)42-24-21-35-11-7-8-14-41(35)33-42/h1-34H. The predicted octanol–water partition coefficient (Wildman–Crippen LogP) is 14.3. The molecule has 0 saturated heterocycles. The highest BCUT2D eigenvalue weighted by Crippen LogP contribution is 2.39. The van der Waals surface area contributed by atoms with Crippen LogP contribution in [0.5, 0.6) is 0 Å². The van der Waals surface area contributed by atoms with Gasteiger partial charge in [0.1, 0.15) is 5.52 Å². The van der Waals surface area contributed by atoms with Gasteiger partial charge >= 0.3 is 0 Å². The quantitative estimate of drug-likeness (QED) is 0.167. The van der Waals surface area contributed by atoms with Crippen LogP contribution in [0.4, 0.5) is 17.1 Å². The van der Waals surface area contributed by atoms with Crippen LogP contribution in [0.2, 0.25) is 0 Å². The minimum Gasteiger partial charge on any atom is -0.435 e. The fraction of sp³-hybridized carbons (Fsp3) is 0. The lowest BCUT2D eigenvalue weighted by Crippen LogP contribution is -2.09. The SMILES string of the molecule is c1ccc(-c2nc3cc(-c4ccc(-c5ccc(N(c6ccccc6)c6ccc(-c7ccc8ccccc8c7)cc6)cc5)cc4)c4ccccc4c3o2)cc1. The van der Waals surface area contributed by atoms with Crippen LogP contribution < -0.4 is 4.90 Å². The molecule has 9 aromatic carbocycles. The Morgan fingerprint density at radius 1 is 0.352 bits per heavy atom. The first kappa shape index (κ1) is 31.5. The summed E-state index contributed by atoms with van der Waals surface area (Å²) in [4.78, 5) is 7.22. The van der Waals surface area contributed by atoms with Crippen LogP contribution in [-0.2, 0) is 0 Å². The lowest BCUT2D eigenvalue weighted by atomic mass is 9.95. The summed E-state index contributed by atoms with van der Waals surface area (Å²) in [5, 5.41) is 4.71. The van der Waals surface area contributed by atoms with E-state index >= 15 is 0 Å². The maximum absolute atomic E-state index is 6.34. The van der Waals surface area contributed by atoms with E-state index in [0.29, 0.717) is 5.89 Å². The van der Waals surface area contributed by atoms with Gasteiger partial charge in [0, 0.05) is 28.0 Å². The Labute approximate surface area is 314 Å². The Morgan fingerprint density at radius 2 is 0.852 bits per heavy atom. The molecule has 10 aromatic rings. The van der Waals surface area contributed by atoms with Gasteiger partial charge in [0.15, 0.2) is 5.58 Å². The molecule has 0 radical (unpaired) electrons. The molecule has 0 bridgehead atoms. The van der Waals surface area contributed by atoms with Crippen LogP contribution in [0.25, 0.3) is 77.5 Å². The molecule has 0 aliphatic heterocycles. The number of fused-ring (bicyclic) bond motifs is 4. The number of hydrogen-bond donors (Lipinski definition) is 0. The minimum absolute atomic E-state index is 0.635. The van der Waals surface area contributed by atoms with Gasteiger partial charge in [-0.1, -0.05) is 146 Å². The van der Waals surface area contributed by atoms with Gasteiger partial charge in [0.05, 0.1) is 0 Å². The van der Waals surface area contributed by atoms with Crippen LogP contribution >= 0.6 is 0 Å². The van der Waals surface area contributed by atoms with Crippen molar-refractivity contribution in [1.29, 1.82) is 0 Å². The molecule has 10 rings (SSSR count). The number of anilines is 3. The molecule has 0 fully saturated rings. The average Bonchev–Trinajstić information content (AvgIpc) is 3.70. The normalized spacial score (nSPS) is 11.3. The van der Waals surface area contributed by atoms with Gasteiger partial charge in [0.2, 0.25) is 5.89 Å². The van der Waals surface area contributed by atoms with Gasteiger partial charge in [-0.05, 0) is 110 Å². The Bertz CT molecular complexity index is 2900. The first-order chi connectivity index (χ1) is 26.7. The maximum Gasteiger partial charge on any atom is 0.227 e. The zero-order chi connectivity index (χ0) is 35.8. The summed E-state index contributed by atoms with van der Waals surface area (Å²) in [7, 11) is 0. The smallest absolute Gasteiger partial charge is 0.227 e. The molecule has 0 atom stereocenters. The van der Waals surface area contributed by atoms with E-state index in [1.54, 1.807) is 0 Å². The minimum atomic E-state index is 0.635. The highest BCUT2D eigenvalue weighted by atomic mass is 16.3. The Hall–Kier alpha value is -7.23. The molecule has 0 N–H and O–H groups in total. The summed E-state index contributed by atoms with van der Waals surface area (Å²) in [6.45, 7) is 0. The zero-order valence-electron chi connectivity index (χ0n) is 29.4. The molecule has 0 saturated carbocycles. The van der Waals surface area contributed by atoms with E-state index in [4.69, 9.17) is 9.40 Å². The molecule has 0 amide bonds. The zero-order valence-corrected chi connectivity index (χ0v) is 29.4. The van der Waals surface area contributed by atoms with Crippen molar-refractivity contribution in [2.75, 3.05) is 4.90 Å². The van der Waals surface area contributed by atoms with Crippen molar-refractivity contribution >= 4 is 49.7 Å². The van der Waals surface area contributed by atoms with Gasteiger partial charge in [-0.25, -0.2) is 4.98 Å². The highest BCUT2D eigenvalue weighted by Gasteiger charge is 2.16. The molecule has 0 aliphatic rings. The fourth-order valence-electron chi connectivity index (χ4n) is 7.54. The van der Waals surface area contributed by atoms with Crippen LogP contribution in [0.15, 0.2) is 211 Å².